The van der Waals surface area contributed by atoms with Gasteiger partial charge in [-0.2, -0.15) is 0 Å². The molecule has 0 spiro atoms. The first-order valence-corrected chi connectivity index (χ1v) is 6.34. The molecular formula is C17H24O. The number of hydrogen-bond acceptors (Lipinski definition) is 1. The molecule has 0 atom stereocenters. The van der Waals surface area contributed by atoms with Crippen molar-refractivity contribution in [2.45, 2.75) is 27.7 Å². The molecule has 0 saturated heterocycles. The summed E-state index contributed by atoms with van der Waals surface area (Å²) in [5.74, 6) is 0.952. The van der Waals surface area contributed by atoms with E-state index in [0.29, 0.717) is 0 Å². The van der Waals surface area contributed by atoms with Crippen LogP contribution in [0, 0.1) is 6.92 Å². The zero-order valence-corrected chi connectivity index (χ0v) is 11.9. The van der Waals surface area contributed by atoms with Gasteiger partial charge in [0.15, 0.2) is 0 Å². The second-order valence-corrected chi connectivity index (χ2v) is 3.68. The highest BCUT2D eigenvalue weighted by molar-refractivity contribution is 5.26. The molecule has 0 aliphatic carbocycles. The topological polar surface area (TPSA) is 9.23 Å². The highest BCUT2D eigenvalue weighted by Gasteiger charge is 1.87. The van der Waals surface area contributed by atoms with Gasteiger partial charge in [0.25, 0.3) is 0 Å². The van der Waals surface area contributed by atoms with Crippen LogP contribution in [-0.2, 0) is 0 Å². The summed E-state index contributed by atoms with van der Waals surface area (Å²) >= 11 is 0. The molecule has 0 N–H and O–H groups in total. The SMILES string of the molecule is CCOc1ccc(C)cc1.C\C=C/C=C\C=C/C. The van der Waals surface area contributed by atoms with Gasteiger partial charge in [-0.3, -0.25) is 0 Å². The molecule has 0 aromatic heterocycles. The lowest BCUT2D eigenvalue weighted by Gasteiger charge is -2.01. The van der Waals surface area contributed by atoms with Crippen molar-refractivity contribution in [3.05, 3.63) is 66.3 Å². The Hall–Kier alpha value is -1.76. The van der Waals surface area contributed by atoms with Crippen molar-refractivity contribution in [2.75, 3.05) is 6.61 Å². The van der Waals surface area contributed by atoms with Crippen molar-refractivity contribution in [1.29, 1.82) is 0 Å². The van der Waals surface area contributed by atoms with E-state index in [-0.39, 0.29) is 0 Å². The monoisotopic (exact) mass is 244 g/mol. The molecule has 0 radical (unpaired) electrons. The highest BCUT2D eigenvalue weighted by atomic mass is 16.5. The molecule has 0 fully saturated rings. The summed E-state index contributed by atoms with van der Waals surface area (Å²) in [6.07, 6.45) is 12.0. The van der Waals surface area contributed by atoms with E-state index in [1.165, 1.54) is 5.56 Å². The summed E-state index contributed by atoms with van der Waals surface area (Å²) in [7, 11) is 0. The molecular weight excluding hydrogens is 220 g/mol. The maximum atomic E-state index is 5.26. The molecule has 0 bridgehead atoms. The first kappa shape index (κ1) is 16.2. The van der Waals surface area contributed by atoms with E-state index in [1.807, 2.05) is 81.5 Å². The first-order chi connectivity index (χ1) is 8.74. The Balaban J connectivity index is 0.000000331. The van der Waals surface area contributed by atoms with Gasteiger partial charge in [-0.05, 0) is 39.8 Å². The zero-order chi connectivity index (χ0) is 13.6. The van der Waals surface area contributed by atoms with E-state index in [0.717, 1.165) is 12.4 Å². The fourth-order valence-corrected chi connectivity index (χ4v) is 1.15. The molecule has 1 aromatic rings. The molecule has 0 saturated carbocycles. The maximum absolute atomic E-state index is 5.26. The molecule has 1 heteroatoms. The molecule has 0 aliphatic rings. The van der Waals surface area contributed by atoms with E-state index < -0.39 is 0 Å². The van der Waals surface area contributed by atoms with E-state index in [9.17, 15) is 0 Å². The van der Waals surface area contributed by atoms with Crippen LogP contribution in [0.1, 0.15) is 26.3 Å². The maximum Gasteiger partial charge on any atom is 0.119 e. The van der Waals surface area contributed by atoms with Gasteiger partial charge < -0.3 is 4.74 Å². The standard InChI is InChI=1S/C9H12O.C8H12/c1-3-10-9-6-4-8(2)5-7-9;1-3-5-7-8-6-4-2/h4-7H,3H2,1-2H3;3-8H,1-2H3/b;5-3-,6-4-,8-7-. The zero-order valence-electron chi connectivity index (χ0n) is 11.9. The Bertz CT molecular complexity index is 355. The second-order valence-electron chi connectivity index (χ2n) is 3.68. The minimum absolute atomic E-state index is 0.739. The lowest BCUT2D eigenvalue weighted by Crippen LogP contribution is -1.90. The third-order valence-corrected chi connectivity index (χ3v) is 2.05. The number of allylic oxidation sites excluding steroid dienone is 6. The van der Waals surface area contributed by atoms with Gasteiger partial charge in [0, 0.05) is 0 Å². The van der Waals surface area contributed by atoms with Crippen LogP contribution in [0.5, 0.6) is 5.75 Å². The van der Waals surface area contributed by atoms with Gasteiger partial charge in [0.2, 0.25) is 0 Å². The third-order valence-electron chi connectivity index (χ3n) is 2.05. The summed E-state index contributed by atoms with van der Waals surface area (Å²) in [5.41, 5.74) is 1.27. The summed E-state index contributed by atoms with van der Waals surface area (Å²) in [5, 5.41) is 0. The average molecular weight is 244 g/mol. The fourth-order valence-electron chi connectivity index (χ4n) is 1.15. The molecule has 0 heterocycles. The quantitative estimate of drug-likeness (QED) is 0.670. The number of benzene rings is 1. The second kappa shape index (κ2) is 11.7. The third kappa shape index (κ3) is 9.46. The number of aryl methyl sites for hydroxylation is 1. The normalized spacial score (nSPS) is 10.9. The summed E-state index contributed by atoms with van der Waals surface area (Å²) < 4.78 is 5.26. The Morgan fingerprint density at radius 3 is 1.78 bits per heavy atom. The summed E-state index contributed by atoms with van der Waals surface area (Å²) in [6, 6.07) is 8.06. The summed E-state index contributed by atoms with van der Waals surface area (Å²) in [4.78, 5) is 0. The van der Waals surface area contributed by atoms with Gasteiger partial charge in [0.1, 0.15) is 5.75 Å². The van der Waals surface area contributed by atoms with Gasteiger partial charge >= 0.3 is 0 Å². The Morgan fingerprint density at radius 1 is 0.889 bits per heavy atom. The molecule has 1 aromatic carbocycles. The molecule has 1 nitrogen and oxygen atoms in total. The van der Waals surface area contributed by atoms with Crippen LogP contribution in [0.2, 0.25) is 0 Å². The van der Waals surface area contributed by atoms with Crippen LogP contribution in [0.4, 0.5) is 0 Å². The van der Waals surface area contributed by atoms with Crippen LogP contribution in [0.25, 0.3) is 0 Å². The molecule has 0 amide bonds. The Morgan fingerprint density at radius 2 is 1.39 bits per heavy atom. The fraction of sp³-hybridized carbons (Fsp3) is 0.294. The molecule has 1 rings (SSSR count). The lowest BCUT2D eigenvalue weighted by molar-refractivity contribution is 0.340. The van der Waals surface area contributed by atoms with Gasteiger partial charge in [0.05, 0.1) is 6.61 Å². The average Bonchev–Trinajstić information content (AvgIpc) is 2.39. The highest BCUT2D eigenvalue weighted by Crippen LogP contribution is 2.10. The van der Waals surface area contributed by atoms with Crippen molar-refractivity contribution in [2.24, 2.45) is 0 Å². The van der Waals surface area contributed by atoms with Gasteiger partial charge in [-0.25, -0.2) is 0 Å². The van der Waals surface area contributed by atoms with Crippen LogP contribution in [0.15, 0.2) is 60.7 Å². The van der Waals surface area contributed by atoms with Crippen LogP contribution >= 0.6 is 0 Å². The Kier molecular flexibility index (Phi) is 10.6. The van der Waals surface area contributed by atoms with Crippen molar-refractivity contribution in [1.82, 2.24) is 0 Å². The van der Waals surface area contributed by atoms with E-state index in [1.54, 1.807) is 0 Å². The minimum Gasteiger partial charge on any atom is -0.494 e. The van der Waals surface area contributed by atoms with Crippen molar-refractivity contribution >= 4 is 0 Å². The predicted molar refractivity (Wildman–Crippen MR) is 81.1 cm³/mol. The van der Waals surface area contributed by atoms with Gasteiger partial charge in [-0.1, -0.05) is 54.2 Å². The predicted octanol–water partition coefficient (Wildman–Crippen LogP) is 5.09. The first-order valence-electron chi connectivity index (χ1n) is 6.34. The molecule has 98 valence electrons. The van der Waals surface area contributed by atoms with Crippen LogP contribution in [-0.4, -0.2) is 6.61 Å². The number of ether oxygens (including phenoxy) is 1. The van der Waals surface area contributed by atoms with Crippen LogP contribution in [0.3, 0.4) is 0 Å². The summed E-state index contributed by atoms with van der Waals surface area (Å²) in [6.45, 7) is 8.79. The van der Waals surface area contributed by atoms with E-state index in [4.69, 9.17) is 4.74 Å². The minimum atomic E-state index is 0.739. The Labute approximate surface area is 111 Å². The number of hydrogen-bond donors (Lipinski definition) is 0. The molecule has 0 unspecified atom stereocenters. The van der Waals surface area contributed by atoms with Gasteiger partial charge in [-0.15, -0.1) is 0 Å². The van der Waals surface area contributed by atoms with Crippen LogP contribution < -0.4 is 4.74 Å². The lowest BCUT2D eigenvalue weighted by atomic mass is 10.2. The smallest absolute Gasteiger partial charge is 0.119 e. The van der Waals surface area contributed by atoms with Crippen molar-refractivity contribution in [3.63, 3.8) is 0 Å². The largest absolute Gasteiger partial charge is 0.494 e. The van der Waals surface area contributed by atoms with E-state index in [2.05, 4.69) is 6.92 Å². The molecule has 0 aliphatic heterocycles. The van der Waals surface area contributed by atoms with Crippen molar-refractivity contribution in [3.8, 4) is 5.75 Å². The molecule has 18 heavy (non-hydrogen) atoms. The number of rotatable bonds is 4. The van der Waals surface area contributed by atoms with E-state index >= 15 is 0 Å². The van der Waals surface area contributed by atoms with Crippen molar-refractivity contribution < 1.29 is 4.74 Å².